The van der Waals surface area contributed by atoms with Crippen molar-refractivity contribution in [3.8, 4) is 21.8 Å². The Morgan fingerprint density at radius 3 is 2.88 bits per heavy atom. The number of aromatic nitrogens is 4. The normalized spacial score (nSPS) is 12.4. The molecule has 0 aromatic carbocycles. The van der Waals surface area contributed by atoms with Crippen molar-refractivity contribution < 1.29 is 4.79 Å². The second kappa shape index (κ2) is 6.53. The van der Waals surface area contributed by atoms with Crippen LogP contribution in [-0.2, 0) is 24.7 Å². The third kappa shape index (κ3) is 2.86. The van der Waals surface area contributed by atoms with Gasteiger partial charge < -0.3 is 10.6 Å². The molecule has 0 atom stereocenters. The van der Waals surface area contributed by atoms with Gasteiger partial charge in [0.25, 0.3) is 0 Å². The first-order valence-corrected chi connectivity index (χ1v) is 9.42. The molecule has 3 heterocycles. The Hall–Kier alpha value is -2.74. The lowest BCUT2D eigenvalue weighted by Gasteiger charge is -2.12. The van der Waals surface area contributed by atoms with Gasteiger partial charge in [0.1, 0.15) is 5.82 Å². The molecule has 2 N–H and O–H groups in total. The Morgan fingerprint density at radius 2 is 2.19 bits per heavy atom. The minimum absolute atomic E-state index is 0.103. The van der Waals surface area contributed by atoms with Gasteiger partial charge in [0.15, 0.2) is 5.13 Å². The van der Waals surface area contributed by atoms with Crippen molar-refractivity contribution in [3.05, 3.63) is 29.6 Å². The van der Waals surface area contributed by atoms with E-state index >= 15 is 0 Å². The van der Waals surface area contributed by atoms with Crippen LogP contribution in [0.4, 0.5) is 10.9 Å². The fourth-order valence-electron chi connectivity index (χ4n) is 3.29. The lowest BCUT2D eigenvalue weighted by Crippen LogP contribution is -2.06. The molecule has 0 aliphatic heterocycles. The molecule has 134 valence electrons. The van der Waals surface area contributed by atoms with Crippen molar-refractivity contribution in [3.63, 3.8) is 0 Å². The van der Waals surface area contributed by atoms with Gasteiger partial charge in [0, 0.05) is 37.8 Å². The molecule has 3 aromatic rings. The fraction of sp³-hybridized carbons (Fsp3) is 0.333. The van der Waals surface area contributed by atoms with E-state index in [1.54, 1.807) is 0 Å². The molecule has 0 radical (unpaired) electrons. The standard InChI is InChI=1S/C18H20N6OS/c1-4-19-14-8-5-11(9-20-14)15-12-6-7-13-17(16(12)24(3)23-15)26-18(22-13)21-10(2)25/h5,8-9H,4,6-7H2,1-3H3,(H,19,20)(H,21,22,25). The van der Waals surface area contributed by atoms with Crippen LogP contribution >= 0.6 is 11.3 Å². The second-order valence-corrected chi connectivity index (χ2v) is 7.24. The highest BCUT2D eigenvalue weighted by atomic mass is 32.1. The number of hydrogen-bond donors (Lipinski definition) is 2. The van der Waals surface area contributed by atoms with Crippen LogP contribution in [0.2, 0.25) is 0 Å². The fourth-order valence-corrected chi connectivity index (χ4v) is 4.46. The molecule has 0 unspecified atom stereocenters. The van der Waals surface area contributed by atoms with Crippen molar-refractivity contribution in [1.29, 1.82) is 0 Å². The third-order valence-corrected chi connectivity index (χ3v) is 5.37. The first kappa shape index (κ1) is 16.7. The Labute approximate surface area is 155 Å². The molecule has 26 heavy (non-hydrogen) atoms. The summed E-state index contributed by atoms with van der Waals surface area (Å²) in [7, 11) is 1.95. The van der Waals surface area contributed by atoms with Gasteiger partial charge in [-0.15, -0.1) is 0 Å². The molecule has 0 bridgehead atoms. The van der Waals surface area contributed by atoms with Gasteiger partial charge in [-0.25, -0.2) is 9.97 Å². The highest BCUT2D eigenvalue weighted by Gasteiger charge is 2.28. The zero-order valence-electron chi connectivity index (χ0n) is 15.0. The smallest absolute Gasteiger partial charge is 0.223 e. The number of rotatable bonds is 4. The molecule has 3 aromatic heterocycles. The summed E-state index contributed by atoms with van der Waals surface area (Å²) in [5, 5.41) is 11.4. The molecule has 1 aliphatic rings. The number of nitrogens with zero attached hydrogens (tertiary/aromatic N) is 4. The lowest BCUT2D eigenvalue weighted by molar-refractivity contribution is -0.114. The van der Waals surface area contributed by atoms with Crippen LogP contribution in [0.3, 0.4) is 0 Å². The topological polar surface area (TPSA) is 84.7 Å². The predicted octanol–water partition coefficient (Wildman–Crippen LogP) is 3.09. The minimum atomic E-state index is -0.103. The quantitative estimate of drug-likeness (QED) is 0.739. The van der Waals surface area contributed by atoms with Crippen molar-refractivity contribution in [2.75, 3.05) is 17.2 Å². The maximum atomic E-state index is 11.3. The summed E-state index contributed by atoms with van der Waals surface area (Å²) < 4.78 is 1.91. The molecule has 0 spiro atoms. The Morgan fingerprint density at radius 1 is 1.35 bits per heavy atom. The summed E-state index contributed by atoms with van der Waals surface area (Å²) in [5.41, 5.74) is 5.32. The zero-order chi connectivity index (χ0) is 18.3. The molecule has 8 heteroatoms. The molecule has 0 saturated heterocycles. The summed E-state index contributed by atoms with van der Waals surface area (Å²) in [6.07, 6.45) is 3.59. The van der Waals surface area contributed by atoms with Crippen molar-refractivity contribution in [2.24, 2.45) is 7.05 Å². The molecule has 0 saturated carbocycles. The summed E-state index contributed by atoms with van der Waals surface area (Å²) in [5.74, 6) is 0.764. The van der Waals surface area contributed by atoms with Gasteiger partial charge in [-0.1, -0.05) is 11.3 Å². The van der Waals surface area contributed by atoms with E-state index < -0.39 is 0 Å². The highest BCUT2D eigenvalue weighted by Crippen LogP contribution is 2.42. The molecular formula is C18H20N6OS. The minimum Gasteiger partial charge on any atom is -0.370 e. The molecule has 4 rings (SSSR count). The lowest BCUT2D eigenvalue weighted by atomic mass is 9.95. The van der Waals surface area contributed by atoms with Gasteiger partial charge in [0.05, 0.1) is 22.0 Å². The van der Waals surface area contributed by atoms with Gasteiger partial charge in [-0.3, -0.25) is 9.48 Å². The number of anilines is 2. The highest BCUT2D eigenvalue weighted by molar-refractivity contribution is 7.19. The monoisotopic (exact) mass is 368 g/mol. The molecule has 1 amide bonds. The van der Waals surface area contributed by atoms with E-state index in [1.807, 2.05) is 30.9 Å². The summed E-state index contributed by atoms with van der Waals surface area (Å²) in [4.78, 5) is 21.5. The molecule has 1 aliphatic carbocycles. The van der Waals surface area contributed by atoms with E-state index in [-0.39, 0.29) is 5.91 Å². The van der Waals surface area contributed by atoms with E-state index in [4.69, 9.17) is 5.10 Å². The first-order chi connectivity index (χ1) is 12.6. The van der Waals surface area contributed by atoms with E-state index in [1.165, 1.54) is 23.8 Å². The molecule has 0 fully saturated rings. The number of carbonyl (C=O) groups excluding carboxylic acids is 1. The number of hydrogen-bond acceptors (Lipinski definition) is 6. The third-order valence-electron chi connectivity index (χ3n) is 4.35. The maximum Gasteiger partial charge on any atom is 0.223 e. The number of pyridine rings is 1. The summed E-state index contributed by atoms with van der Waals surface area (Å²) >= 11 is 1.51. The summed E-state index contributed by atoms with van der Waals surface area (Å²) in [6, 6.07) is 4.04. The van der Waals surface area contributed by atoms with Gasteiger partial charge in [-0.05, 0) is 31.9 Å². The average molecular weight is 368 g/mol. The Bertz CT molecular complexity index is 972. The number of thiazole rings is 1. The Balaban J connectivity index is 1.75. The van der Waals surface area contributed by atoms with Crippen molar-refractivity contribution in [1.82, 2.24) is 19.7 Å². The Kier molecular flexibility index (Phi) is 4.20. The second-order valence-electron chi connectivity index (χ2n) is 6.24. The van der Waals surface area contributed by atoms with Crippen molar-refractivity contribution in [2.45, 2.75) is 26.7 Å². The van der Waals surface area contributed by atoms with Crippen LogP contribution in [-0.4, -0.2) is 32.2 Å². The predicted molar refractivity (Wildman–Crippen MR) is 103 cm³/mol. The number of carbonyl (C=O) groups is 1. The summed E-state index contributed by atoms with van der Waals surface area (Å²) in [6.45, 7) is 4.39. The van der Waals surface area contributed by atoms with Crippen LogP contribution in [0.15, 0.2) is 18.3 Å². The van der Waals surface area contributed by atoms with Crippen LogP contribution in [0, 0.1) is 0 Å². The van der Waals surface area contributed by atoms with E-state index in [0.717, 1.165) is 52.7 Å². The maximum absolute atomic E-state index is 11.3. The van der Waals surface area contributed by atoms with E-state index in [0.29, 0.717) is 5.13 Å². The zero-order valence-corrected chi connectivity index (χ0v) is 15.8. The average Bonchev–Trinajstić information content (AvgIpc) is 3.15. The van der Waals surface area contributed by atoms with Gasteiger partial charge >= 0.3 is 0 Å². The molecule has 7 nitrogen and oxygen atoms in total. The number of aryl methyl sites for hydroxylation is 2. The SMILES string of the molecule is CCNc1ccc(-c2nn(C)c3c2CCc2nc(NC(C)=O)sc2-3)cn1. The van der Waals surface area contributed by atoms with Crippen LogP contribution in [0.5, 0.6) is 0 Å². The van der Waals surface area contributed by atoms with Crippen LogP contribution in [0.1, 0.15) is 25.1 Å². The number of nitrogens with one attached hydrogen (secondary N) is 2. The molecular weight excluding hydrogens is 348 g/mol. The largest absolute Gasteiger partial charge is 0.370 e. The first-order valence-electron chi connectivity index (χ1n) is 8.60. The van der Waals surface area contributed by atoms with Gasteiger partial charge in [-0.2, -0.15) is 5.10 Å². The van der Waals surface area contributed by atoms with Crippen molar-refractivity contribution >= 4 is 28.2 Å². The van der Waals surface area contributed by atoms with E-state index in [9.17, 15) is 4.79 Å². The number of amides is 1. The van der Waals surface area contributed by atoms with Crippen LogP contribution in [0.25, 0.3) is 21.8 Å². The van der Waals surface area contributed by atoms with Gasteiger partial charge in [0.2, 0.25) is 5.91 Å². The van der Waals surface area contributed by atoms with Crippen LogP contribution < -0.4 is 10.6 Å². The number of fused-ring (bicyclic) bond motifs is 3. The van der Waals surface area contributed by atoms with E-state index in [2.05, 4.69) is 26.7 Å².